The molecular formula is C16H14ClN3O2S. The summed E-state index contributed by atoms with van der Waals surface area (Å²) in [7, 11) is -3.71. The molecule has 1 aromatic carbocycles. The predicted molar refractivity (Wildman–Crippen MR) is 88.8 cm³/mol. The molecule has 0 bridgehead atoms. The van der Waals surface area contributed by atoms with Crippen LogP contribution in [-0.4, -0.2) is 13.4 Å². The Kier molecular flexibility index (Phi) is 5.74. The van der Waals surface area contributed by atoms with Crippen LogP contribution in [0.4, 0.5) is 0 Å². The number of benzene rings is 1. The van der Waals surface area contributed by atoms with Gasteiger partial charge < -0.3 is 5.32 Å². The van der Waals surface area contributed by atoms with Gasteiger partial charge in [-0.05, 0) is 29.3 Å². The molecule has 0 radical (unpaired) electrons. The van der Waals surface area contributed by atoms with E-state index >= 15 is 0 Å². The molecule has 0 amide bonds. The zero-order valence-corrected chi connectivity index (χ0v) is 13.7. The molecule has 1 N–H and O–H groups in total. The van der Waals surface area contributed by atoms with Crippen molar-refractivity contribution in [2.75, 3.05) is 0 Å². The van der Waals surface area contributed by atoms with E-state index in [1.807, 2.05) is 6.07 Å². The molecule has 0 aliphatic rings. The Morgan fingerprint density at radius 2 is 2.00 bits per heavy atom. The van der Waals surface area contributed by atoms with Crippen LogP contribution >= 0.6 is 11.6 Å². The van der Waals surface area contributed by atoms with E-state index in [1.54, 1.807) is 48.8 Å². The van der Waals surface area contributed by atoms with Crippen LogP contribution in [0.5, 0.6) is 0 Å². The van der Waals surface area contributed by atoms with Crippen molar-refractivity contribution in [2.24, 2.45) is 0 Å². The molecule has 0 aliphatic heterocycles. The average molecular weight is 348 g/mol. The van der Waals surface area contributed by atoms with Gasteiger partial charge in [0.25, 0.3) is 0 Å². The van der Waals surface area contributed by atoms with Crippen molar-refractivity contribution in [3.63, 3.8) is 0 Å². The third-order valence-corrected chi connectivity index (χ3v) is 4.82. The second kappa shape index (κ2) is 7.77. The summed E-state index contributed by atoms with van der Waals surface area (Å²) >= 11 is 5.77. The van der Waals surface area contributed by atoms with Crippen LogP contribution in [0.25, 0.3) is 0 Å². The van der Waals surface area contributed by atoms with Gasteiger partial charge in [-0.2, -0.15) is 5.26 Å². The standard InChI is InChI=1S/C16H14ClN3O2S/c17-15-5-3-13(4-6-15)12-23(21,22)16(8-18)11-20-10-14-2-1-7-19-9-14/h1-7,9,11,20H,10,12H2/b16-11+. The first-order chi connectivity index (χ1) is 11.0. The van der Waals surface area contributed by atoms with Gasteiger partial charge >= 0.3 is 0 Å². The Morgan fingerprint density at radius 1 is 1.26 bits per heavy atom. The van der Waals surface area contributed by atoms with Gasteiger partial charge in [-0.3, -0.25) is 4.98 Å². The first-order valence-corrected chi connectivity index (χ1v) is 8.74. The molecule has 2 aromatic rings. The Morgan fingerprint density at radius 3 is 2.61 bits per heavy atom. The molecule has 5 nitrogen and oxygen atoms in total. The summed E-state index contributed by atoms with van der Waals surface area (Å²) < 4.78 is 24.6. The molecule has 0 unspecified atom stereocenters. The van der Waals surface area contributed by atoms with Crippen LogP contribution in [0.3, 0.4) is 0 Å². The van der Waals surface area contributed by atoms with Crippen molar-refractivity contribution in [1.82, 2.24) is 10.3 Å². The second-order valence-electron chi connectivity index (χ2n) is 4.75. The van der Waals surface area contributed by atoms with Crippen LogP contribution in [0.1, 0.15) is 11.1 Å². The average Bonchev–Trinajstić information content (AvgIpc) is 2.54. The Labute approximate surface area is 140 Å². The maximum atomic E-state index is 12.3. The van der Waals surface area contributed by atoms with Crippen molar-refractivity contribution in [3.05, 3.63) is 76.0 Å². The van der Waals surface area contributed by atoms with Crippen LogP contribution in [0.15, 0.2) is 59.9 Å². The summed E-state index contributed by atoms with van der Waals surface area (Å²) in [4.78, 5) is 3.65. The van der Waals surface area contributed by atoms with Gasteiger partial charge in [-0.25, -0.2) is 8.42 Å². The fraction of sp³-hybridized carbons (Fsp3) is 0.125. The lowest BCUT2D eigenvalue weighted by Gasteiger charge is -2.05. The topological polar surface area (TPSA) is 82.8 Å². The highest BCUT2D eigenvalue weighted by Gasteiger charge is 2.18. The Hall–Kier alpha value is -2.36. The smallest absolute Gasteiger partial charge is 0.193 e. The zero-order chi connectivity index (χ0) is 16.7. The summed E-state index contributed by atoms with van der Waals surface area (Å²) in [6.45, 7) is 0.384. The number of hydrogen-bond acceptors (Lipinski definition) is 5. The quantitative estimate of drug-likeness (QED) is 0.812. The number of aromatic nitrogens is 1. The van der Waals surface area contributed by atoms with Crippen molar-refractivity contribution in [3.8, 4) is 6.07 Å². The summed E-state index contributed by atoms with van der Waals surface area (Å²) in [6.07, 6.45) is 4.53. The molecule has 23 heavy (non-hydrogen) atoms. The second-order valence-corrected chi connectivity index (χ2v) is 7.14. The number of nitriles is 1. The number of allylic oxidation sites excluding steroid dienone is 1. The van der Waals surface area contributed by atoms with Gasteiger partial charge in [0.05, 0.1) is 5.75 Å². The van der Waals surface area contributed by atoms with E-state index in [9.17, 15) is 8.42 Å². The Balaban J connectivity index is 2.07. The molecule has 7 heteroatoms. The largest absolute Gasteiger partial charge is 0.385 e. The monoisotopic (exact) mass is 347 g/mol. The summed E-state index contributed by atoms with van der Waals surface area (Å²) in [6, 6.07) is 11.8. The highest BCUT2D eigenvalue weighted by molar-refractivity contribution is 7.94. The van der Waals surface area contributed by atoms with Crippen molar-refractivity contribution in [2.45, 2.75) is 12.3 Å². The van der Waals surface area contributed by atoms with E-state index in [2.05, 4.69) is 10.3 Å². The van der Waals surface area contributed by atoms with Crippen LogP contribution in [0, 0.1) is 11.3 Å². The minimum atomic E-state index is -3.71. The normalized spacial score (nSPS) is 11.7. The maximum absolute atomic E-state index is 12.3. The lowest BCUT2D eigenvalue weighted by molar-refractivity contribution is 0.602. The number of nitrogens with zero attached hydrogens (tertiary/aromatic N) is 2. The number of hydrogen-bond donors (Lipinski definition) is 1. The zero-order valence-electron chi connectivity index (χ0n) is 12.1. The maximum Gasteiger partial charge on any atom is 0.193 e. The number of rotatable bonds is 6. The van der Waals surface area contributed by atoms with Crippen molar-refractivity contribution in [1.29, 1.82) is 5.26 Å². The molecule has 1 heterocycles. The minimum Gasteiger partial charge on any atom is -0.385 e. The van der Waals surface area contributed by atoms with Crippen LogP contribution in [0.2, 0.25) is 5.02 Å². The molecule has 0 spiro atoms. The summed E-state index contributed by atoms with van der Waals surface area (Å²) in [5, 5.41) is 12.5. The number of nitrogens with one attached hydrogen (secondary N) is 1. The van der Waals surface area contributed by atoms with E-state index in [-0.39, 0.29) is 10.7 Å². The summed E-state index contributed by atoms with van der Waals surface area (Å²) in [5.41, 5.74) is 1.46. The van der Waals surface area contributed by atoms with E-state index in [0.717, 1.165) is 5.56 Å². The first kappa shape index (κ1) is 17.0. The molecular weight excluding hydrogens is 334 g/mol. The molecule has 2 rings (SSSR count). The van der Waals surface area contributed by atoms with Crippen LogP contribution in [-0.2, 0) is 22.1 Å². The molecule has 0 saturated carbocycles. The third-order valence-electron chi connectivity index (χ3n) is 2.98. The van der Waals surface area contributed by atoms with Crippen molar-refractivity contribution < 1.29 is 8.42 Å². The van der Waals surface area contributed by atoms with Gasteiger partial charge in [0.15, 0.2) is 14.7 Å². The fourth-order valence-electron chi connectivity index (χ4n) is 1.83. The summed E-state index contributed by atoms with van der Waals surface area (Å²) in [5.74, 6) is -0.252. The van der Waals surface area contributed by atoms with E-state index in [0.29, 0.717) is 17.1 Å². The van der Waals surface area contributed by atoms with E-state index < -0.39 is 9.84 Å². The molecule has 0 aliphatic carbocycles. The molecule has 0 fully saturated rings. The number of pyridine rings is 1. The van der Waals surface area contributed by atoms with E-state index in [4.69, 9.17) is 16.9 Å². The SMILES string of the molecule is N#C/C(=C\NCc1cccnc1)S(=O)(=O)Cc1ccc(Cl)cc1. The molecule has 118 valence electrons. The van der Waals surface area contributed by atoms with Gasteiger partial charge in [0, 0.05) is 30.2 Å². The molecule has 1 aromatic heterocycles. The predicted octanol–water partition coefficient (Wildman–Crippen LogP) is 2.80. The number of halogens is 1. The minimum absolute atomic E-state index is 0.252. The first-order valence-electron chi connectivity index (χ1n) is 6.71. The van der Waals surface area contributed by atoms with E-state index in [1.165, 1.54) is 6.20 Å². The van der Waals surface area contributed by atoms with Crippen LogP contribution < -0.4 is 5.32 Å². The van der Waals surface area contributed by atoms with Gasteiger partial charge in [0.1, 0.15) is 6.07 Å². The molecule has 0 atom stereocenters. The highest BCUT2D eigenvalue weighted by Crippen LogP contribution is 2.16. The highest BCUT2D eigenvalue weighted by atomic mass is 35.5. The van der Waals surface area contributed by atoms with Gasteiger partial charge in [-0.15, -0.1) is 0 Å². The third kappa shape index (κ3) is 5.09. The lowest BCUT2D eigenvalue weighted by atomic mass is 10.2. The molecule has 0 saturated heterocycles. The van der Waals surface area contributed by atoms with Gasteiger partial charge in [0.2, 0.25) is 0 Å². The van der Waals surface area contributed by atoms with Crippen molar-refractivity contribution >= 4 is 21.4 Å². The van der Waals surface area contributed by atoms with Gasteiger partial charge in [-0.1, -0.05) is 29.8 Å². The number of sulfone groups is 1. The fourth-order valence-corrected chi connectivity index (χ4v) is 3.15. The lowest BCUT2D eigenvalue weighted by Crippen LogP contribution is -2.12. The Bertz CT molecular complexity index is 826.